The number of aliphatic hydroxyl groups is 1. The molecule has 0 amide bonds. The molecule has 0 bridgehead atoms. The van der Waals surface area contributed by atoms with Gasteiger partial charge in [0, 0.05) is 30.0 Å². The van der Waals surface area contributed by atoms with Crippen LogP contribution in [0.1, 0.15) is 24.4 Å². The van der Waals surface area contributed by atoms with Crippen LogP contribution in [0.5, 0.6) is 0 Å². The summed E-state index contributed by atoms with van der Waals surface area (Å²) in [4.78, 5) is 2.35. The Morgan fingerprint density at radius 1 is 1.33 bits per heavy atom. The highest BCUT2D eigenvalue weighted by Gasteiger charge is 2.27. The topological polar surface area (TPSA) is 41.3 Å². The normalized spacial score (nSPS) is 20.8. The fraction of sp³-hybridized carbons (Fsp3) is 0.438. The summed E-state index contributed by atoms with van der Waals surface area (Å²) in [5.74, 6) is 0. The van der Waals surface area contributed by atoms with Crippen LogP contribution >= 0.6 is 11.6 Å². The molecule has 21 heavy (non-hydrogen) atoms. The first-order chi connectivity index (χ1) is 10.2. The molecule has 0 unspecified atom stereocenters. The first kappa shape index (κ1) is 14.6. The lowest BCUT2D eigenvalue weighted by Crippen LogP contribution is -2.34. The lowest BCUT2D eigenvalue weighted by molar-refractivity contribution is 0.0891. The van der Waals surface area contributed by atoms with Gasteiger partial charge in [-0.25, -0.2) is 0 Å². The number of nitrogens with zero attached hydrogens (tertiary/aromatic N) is 3. The summed E-state index contributed by atoms with van der Waals surface area (Å²) in [6.07, 6.45) is 5.48. The maximum absolute atomic E-state index is 10.3. The van der Waals surface area contributed by atoms with Crippen LogP contribution in [0.4, 0.5) is 0 Å². The van der Waals surface area contributed by atoms with Crippen LogP contribution < -0.4 is 0 Å². The van der Waals surface area contributed by atoms with Gasteiger partial charge in [-0.2, -0.15) is 5.10 Å². The molecule has 0 aliphatic carbocycles. The minimum absolute atomic E-state index is 0.357. The van der Waals surface area contributed by atoms with Crippen LogP contribution in [0.3, 0.4) is 0 Å². The third-order valence-corrected chi connectivity index (χ3v) is 4.23. The molecule has 1 aromatic carbocycles. The van der Waals surface area contributed by atoms with Crippen LogP contribution in [-0.4, -0.2) is 39.0 Å². The summed E-state index contributed by atoms with van der Waals surface area (Å²) in [6, 6.07) is 10.3. The number of aliphatic hydroxyl groups excluding tert-OH is 1. The van der Waals surface area contributed by atoms with Gasteiger partial charge in [0.05, 0.1) is 12.6 Å². The first-order valence-corrected chi connectivity index (χ1v) is 7.75. The van der Waals surface area contributed by atoms with Crippen LogP contribution in [0.15, 0.2) is 42.7 Å². The van der Waals surface area contributed by atoms with Gasteiger partial charge in [0.2, 0.25) is 0 Å². The molecule has 1 fully saturated rings. The third-order valence-electron chi connectivity index (χ3n) is 4.00. The number of aromatic nitrogens is 2. The zero-order chi connectivity index (χ0) is 14.7. The molecule has 3 rings (SSSR count). The molecular formula is C16H20ClN3O. The third kappa shape index (κ3) is 3.64. The fourth-order valence-electron chi connectivity index (χ4n) is 3.09. The van der Waals surface area contributed by atoms with Crippen molar-refractivity contribution in [3.05, 3.63) is 53.3 Å². The smallest absolute Gasteiger partial charge is 0.0862 e. The number of hydrogen-bond donors (Lipinski definition) is 1. The fourth-order valence-corrected chi connectivity index (χ4v) is 3.29. The molecule has 4 nitrogen and oxygen atoms in total. The van der Waals surface area contributed by atoms with Gasteiger partial charge in [-0.3, -0.25) is 9.58 Å². The first-order valence-electron chi connectivity index (χ1n) is 7.37. The molecule has 0 radical (unpaired) electrons. The van der Waals surface area contributed by atoms with Crippen LogP contribution in [0.2, 0.25) is 5.02 Å². The largest absolute Gasteiger partial charge is 0.390 e. The highest BCUT2D eigenvalue weighted by atomic mass is 35.5. The number of halogens is 1. The van der Waals surface area contributed by atoms with Crippen LogP contribution in [-0.2, 0) is 6.54 Å². The van der Waals surface area contributed by atoms with E-state index in [-0.39, 0.29) is 0 Å². The molecule has 2 heterocycles. The number of likely N-dealkylation sites (tertiary alicyclic amines) is 1. The van der Waals surface area contributed by atoms with Gasteiger partial charge >= 0.3 is 0 Å². The highest BCUT2D eigenvalue weighted by Crippen LogP contribution is 2.32. The average molecular weight is 306 g/mol. The van der Waals surface area contributed by atoms with E-state index in [2.05, 4.69) is 16.1 Å². The number of β-amino-alcohol motifs (C(OH)–C–C–N with tert-alkyl or cyclic N) is 1. The molecule has 1 N–H and O–H groups in total. The zero-order valence-electron chi connectivity index (χ0n) is 11.9. The monoisotopic (exact) mass is 305 g/mol. The Morgan fingerprint density at radius 2 is 2.24 bits per heavy atom. The summed E-state index contributed by atoms with van der Waals surface area (Å²) in [5.41, 5.74) is 1.24. The summed E-state index contributed by atoms with van der Waals surface area (Å²) in [6.45, 7) is 2.22. The lowest BCUT2D eigenvalue weighted by Gasteiger charge is -2.27. The molecule has 112 valence electrons. The standard InChI is InChI=1S/C16H20ClN3O/c17-14-5-1-4-13(10-14)16-6-2-8-19(16)11-15(21)12-20-9-3-7-18-20/h1,3-5,7,9-10,15-16,21H,2,6,8,11-12H2/t15-,16-/m0/s1. The predicted octanol–water partition coefficient (Wildman–Crippen LogP) is 2.73. The average Bonchev–Trinajstić information content (AvgIpc) is 3.10. The molecule has 2 atom stereocenters. The minimum Gasteiger partial charge on any atom is -0.390 e. The van der Waals surface area contributed by atoms with Gasteiger partial charge in [0.25, 0.3) is 0 Å². The molecule has 1 aliphatic rings. The van der Waals surface area contributed by atoms with Crippen molar-refractivity contribution >= 4 is 11.6 Å². The van der Waals surface area contributed by atoms with E-state index in [9.17, 15) is 5.11 Å². The Morgan fingerprint density at radius 3 is 3.00 bits per heavy atom. The molecule has 1 aromatic heterocycles. The van der Waals surface area contributed by atoms with Crippen molar-refractivity contribution in [1.29, 1.82) is 0 Å². The van der Waals surface area contributed by atoms with E-state index in [4.69, 9.17) is 11.6 Å². The van der Waals surface area contributed by atoms with Gasteiger partial charge in [-0.15, -0.1) is 0 Å². The Bertz CT molecular complexity index is 573. The Kier molecular flexibility index (Phi) is 4.58. The summed E-state index contributed by atoms with van der Waals surface area (Å²) < 4.78 is 1.77. The van der Waals surface area contributed by atoms with E-state index in [0.717, 1.165) is 24.4 Å². The van der Waals surface area contributed by atoms with E-state index in [1.54, 1.807) is 10.9 Å². The minimum atomic E-state index is -0.412. The maximum Gasteiger partial charge on any atom is 0.0862 e. The second-order valence-electron chi connectivity index (χ2n) is 5.59. The second kappa shape index (κ2) is 6.60. The Labute approximate surface area is 130 Å². The van der Waals surface area contributed by atoms with Crippen LogP contribution in [0, 0.1) is 0 Å². The summed E-state index contributed by atoms with van der Waals surface area (Å²) in [5, 5.41) is 15.2. The van der Waals surface area contributed by atoms with E-state index < -0.39 is 6.10 Å². The highest BCUT2D eigenvalue weighted by molar-refractivity contribution is 6.30. The van der Waals surface area contributed by atoms with Crippen molar-refractivity contribution in [3.63, 3.8) is 0 Å². The van der Waals surface area contributed by atoms with Gasteiger partial charge in [0.1, 0.15) is 0 Å². The maximum atomic E-state index is 10.3. The van der Waals surface area contributed by atoms with Gasteiger partial charge in [-0.05, 0) is 43.1 Å². The molecule has 2 aromatic rings. The van der Waals surface area contributed by atoms with E-state index in [0.29, 0.717) is 19.1 Å². The van der Waals surface area contributed by atoms with E-state index in [1.807, 2.05) is 30.5 Å². The zero-order valence-corrected chi connectivity index (χ0v) is 12.7. The van der Waals surface area contributed by atoms with Gasteiger partial charge < -0.3 is 5.11 Å². The second-order valence-corrected chi connectivity index (χ2v) is 6.03. The lowest BCUT2D eigenvalue weighted by atomic mass is 10.0. The van der Waals surface area contributed by atoms with Gasteiger partial charge in [-0.1, -0.05) is 23.7 Å². The van der Waals surface area contributed by atoms with Crippen molar-refractivity contribution < 1.29 is 5.11 Å². The Hall–Kier alpha value is -1.36. The number of benzene rings is 1. The van der Waals surface area contributed by atoms with Gasteiger partial charge in [0.15, 0.2) is 0 Å². The molecule has 5 heteroatoms. The predicted molar refractivity (Wildman–Crippen MR) is 83.2 cm³/mol. The van der Waals surface area contributed by atoms with Crippen LogP contribution in [0.25, 0.3) is 0 Å². The molecule has 1 saturated heterocycles. The summed E-state index contributed by atoms with van der Waals surface area (Å²) >= 11 is 6.09. The van der Waals surface area contributed by atoms with Crippen molar-refractivity contribution in [3.8, 4) is 0 Å². The van der Waals surface area contributed by atoms with Crippen molar-refractivity contribution in [1.82, 2.24) is 14.7 Å². The van der Waals surface area contributed by atoms with Crippen molar-refractivity contribution in [2.75, 3.05) is 13.1 Å². The molecule has 1 aliphatic heterocycles. The molecular weight excluding hydrogens is 286 g/mol. The molecule has 0 saturated carbocycles. The summed E-state index contributed by atoms with van der Waals surface area (Å²) in [7, 11) is 0. The van der Waals surface area contributed by atoms with Crippen molar-refractivity contribution in [2.45, 2.75) is 31.5 Å². The molecule has 0 spiro atoms. The van der Waals surface area contributed by atoms with E-state index >= 15 is 0 Å². The number of hydrogen-bond acceptors (Lipinski definition) is 3. The van der Waals surface area contributed by atoms with Crippen molar-refractivity contribution in [2.24, 2.45) is 0 Å². The Balaban J connectivity index is 1.64. The SMILES string of the molecule is O[C@@H](CN1CCC[C@H]1c1cccc(Cl)c1)Cn1cccn1. The van der Waals surface area contributed by atoms with E-state index in [1.165, 1.54) is 5.56 Å². The number of rotatable bonds is 5. The quantitative estimate of drug-likeness (QED) is 0.923.